The van der Waals surface area contributed by atoms with Crippen LogP contribution >= 0.6 is 0 Å². The van der Waals surface area contributed by atoms with E-state index in [1.807, 2.05) is 0 Å². The molecule has 3 atom stereocenters. The summed E-state index contributed by atoms with van der Waals surface area (Å²) < 4.78 is 0. The molecule has 5 heteroatoms. The van der Waals surface area contributed by atoms with E-state index >= 15 is 0 Å². The molecular weight excluding hydrogens is 727 g/mol. The molecule has 0 aliphatic rings. The molecule has 0 bridgehead atoms. The van der Waals surface area contributed by atoms with E-state index in [1.165, 1.54) is 238 Å². The summed E-state index contributed by atoms with van der Waals surface area (Å²) in [6.07, 6.45) is 60.7. The van der Waals surface area contributed by atoms with Crippen LogP contribution < -0.4 is 5.32 Å². The molecule has 1 amide bonds. The molecule has 0 spiro atoms. The zero-order chi connectivity index (χ0) is 43.0. The Labute approximate surface area is 369 Å². The van der Waals surface area contributed by atoms with Gasteiger partial charge in [-0.15, -0.1) is 0 Å². The minimum absolute atomic E-state index is 0.147. The lowest BCUT2D eigenvalue weighted by molar-refractivity contribution is -0.124. The first-order valence-corrected chi connectivity index (χ1v) is 27.0. The Kier molecular flexibility index (Phi) is 49.0. The molecule has 0 heterocycles. The lowest BCUT2D eigenvalue weighted by atomic mass is 10.0. The van der Waals surface area contributed by atoms with Gasteiger partial charge in [0.2, 0.25) is 5.91 Å². The predicted molar refractivity (Wildman–Crippen MR) is 259 cm³/mol. The molecule has 0 radical (unpaired) electrons. The van der Waals surface area contributed by atoms with Crippen LogP contribution in [0.5, 0.6) is 0 Å². The van der Waals surface area contributed by atoms with Gasteiger partial charge in [-0.3, -0.25) is 4.79 Å². The lowest BCUT2D eigenvalue weighted by Gasteiger charge is -2.26. The largest absolute Gasteiger partial charge is 0.394 e. The van der Waals surface area contributed by atoms with Gasteiger partial charge in [0.15, 0.2) is 0 Å². The third-order valence-corrected chi connectivity index (χ3v) is 12.9. The molecule has 352 valence electrons. The van der Waals surface area contributed by atoms with Crippen LogP contribution in [-0.2, 0) is 4.79 Å². The van der Waals surface area contributed by atoms with Crippen LogP contribution in [0.25, 0.3) is 0 Å². The third kappa shape index (κ3) is 44.9. The predicted octanol–water partition coefficient (Wildman–Crippen LogP) is 16.3. The quantitative estimate of drug-likeness (QED) is 0.0363. The fourth-order valence-electron chi connectivity index (χ4n) is 8.70. The number of carbonyl (C=O) groups excluding carboxylic acids is 1. The van der Waals surface area contributed by atoms with Crippen LogP contribution in [0.1, 0.15) is 303 Å². The summed E-state index contributed by atoms with van der Waals surface area (Å²) in [6.45, 7) is 4.21. The van der Waals surface area contributed by atoms with Gasteiger partial charge in [0.25, 0.3) is 0 Å². The van der Waals surface area contributed by atoms with Gasteiger partial charge in [0, 0.05) is 6.42 Å². The monoisotopic (exact) mass is 834 g/mol. The third-order valence-electron chi connectivity index (χ3n) is 12.9. The molecule has 0 rings (SSSR count). The highest BCUT2D eigenvalue weighted by atomic mass is 16.3. The van der Waals surface area contributed by atoms with Crippen molar-refractivity contribution >= 4 is 5.91 Å². The summed E-state index contributed by atoms with van der Waals surface area (Å²) in [5, 5.41) is 33.7. The van der Waals surface area contributed by atoms with Crippen LogP contribution in [-0.4, -0.2) is 46.1 Å². The minimum Gasteiger partial charge on any atom is -0.394 e. The summed E-state index contributed by atoms with van der Waals surface area (Å²) in [6, 6.07) is -0.822. The number of allylic oxidation sites excluding steroid dienone is 2. The number of nitrogens with one attached hydrogen (secondary N) is 1. The van der Waals surface area contributed by atoms with Crippen LogP contribution in [0.15, 0.2) is 12.2 Å². The van der Waals surface area contributed by atoms with Gasteiger partial charge >= 0.3 is 0 Å². The van der Waals surface area contributed by atoms with Gasteiger partial charge in [0.05, 0.1) is 18.8 Å². The van der Waals surface area contributed by atoms with Crippen LogP contribution in [0.2, 0.25) is 0 Å². The fraction of sp³-hybridized carbons (Fsp3) is 0.944. The Morgan fingerprint density at radius 1 is 0.407 bits per heavy atom. The average Bonchev–Trinajstić information content (AvgIpc) is 3.24. The molecule has 0 aromatic rings. The van der Waals surface area contributed by atoms with E-state index in [0.717, 1.165) is 38.5 Å². The Bertz CT molecular complexity index is 833. The number of hydrogen-bond donors (Lipinski definition) is 4. The molecule has 0 fully saturated rings. The molecule has 3 unspecified atom stereocenters. The summed E-state index contributed by atoms with van der Waals surface area (Å²) >= 11 is 0. The van der Waals surface area contributed by atoms with Crippen molar-refractivity contribution in [3.63, 3.8) is 0 Å². The highest BCUT2D eigenvalue weighted by Crippen LogP contribution is 2.18. The number of aliphatic hydroxyl groups is 3. The molecule has 5 nitrogen and oxygen atoms in total. The summed E-state index contributed by atoms with van der Waals surface area (Å²) in [5.74, 6) is -0.147. The smallest absolute Gasteiger partial charge is 0.220 e. The first kappa shape index (κ1) is 58.1. The Morgan fingerprint density at radius 2 is 0.678 bits per heavy atom. The number of carbonyl (C=O) groups is 1. The maximum Gasteiger partial charge on any atom is 0.220 e. The second-order valence-corrected chi connectivity index (χ2v) is 18.8. The van der Waals surface area contributed by atoms with Crippen molar-refractivity contribution in [2.75, 3.05) is 6.61 Å². The summed E-state index contributed by atoms with van der Waals surface area (Å²) in [7, 11) is 0. The van der Waals surface area contributed by atoms with E-state index in [9.17, 15) is 20.1 Å². The maximum atomic E-state index is 12.5. The number of amides is 1. The average molecular weight is 834 g/mol. The fourth-order valence-corrected chi connectivity index (χ4v) is 8.70. The van der Waals surface area contributed by atoms with Crippen molar-refractivity contribution in [3.8, 4) is 0 Å². The minimum atomic E-state index is -1.16. The van der Waals surface area contributed by atoms with Gasteiger partial charge < -0.3 is 20.6 Å². The molecule has 59 heavy (non-hydrogen) atoms. The molecule has 4 N–H and O–H groups in total. The van der Waals surface area contributed by atoms with Crippen LogP contribution in [0, 0.1) is 0 Å². The van der Waals surface area contributed by atoms with Crippen molar-refractivity contribution in [2.45, 2.75) is 321 Å². The highest BCUT2D eigenvalue weighted by Gasteiger charge is 2.26. The summed E-state index contributed by atoms with van der Waals surface area (Å²) in [4.78, 5) is 12.5. The molecular formula is C54H107NO4. The lowest BCUT2D eigenvalue weighted by Crippen LogP contribution is -2.50. The summed E-state index contributed by atoms with van der Waals surface area (Å²) in [5.41, 5.74) is 0. The van der Waals surface area contributed by atoms with Crippen molar-refractivity contribution < 1.29 is 20.1 Å². The highest BCUT2D eigenvalue weighted by molar-refractivity contribution is 5.76. The first-order valence-electron chi connectivity index (χ1n) is 27.0. The van der Waals surface area contributed by atoms with E-state index in [0.29, 0.717) is 12.8 Å². The van der Waals surface area contributed by atoms with Gasteiger partial charge in [-0.2, -0.15) is 0 Å². The van der Waals surface area contributed by atoms with E-state index in [2.05, 4.69) is 31.3 Å². The molecule has 0 aliphatic carbocycles. The zero-order valence-electron chi connectivity index (χ0n) is 40.2. The van der Waals surface area contributed by atoms with Crippen LogP contribution in [0.4, 0.5) is 0 Å². The van der Waals surface area contributed by atoms with E-state index in [4.69, 9.17) is 0 Å². The maximum absolute atomic E-state index is 12.5. The van der Waals surface area contributed by atoms with Gasteiger partial charge in [0.1, 0.15) is 6.10 Å². The van der Waals surface area contributed by atoms with Gasteiger partial charge in [-0.05, 0) is 38.5 Å². The van der Waals surface area contributed by atoms with E-state index < -0.39 is 18.2 Å². The Hall–Kier alpha value is -0.910. The Balaban J connectivity index is 3.55. The molecule has 0 saturated heterocycles. The topological polar surface area (TPSA) is 89.8 Å². The number of rotatable bonds is 50. The Morgan fingerprint density at radius 3 is 0.983 bits per heavy atom. The van der Waals surface area contributed by atoms with Crippen molar-refractivity contribution in [2.24, 2.45) is 0 Å². The second-order valence-electron chi connectivity index (χ2n) is 18.8. The van der Waals surface area contributed by atoms with E-state index in [-0.39, 0.29) is 12.5 Å². The van der Waals surface area contributed by atoms with Gasteiger partial charge in [-0.25, -0.2) is 0 Å². The zero-order valence-corrected chi connectivity index (χ0v) is 40.2. The number of aliphatic hydroxyl groups excluding tert-OH is 3. The van der Waals surface area contributed by atoms with Crippen molar-refractivity contribution in [1.29, 1.82) is 0 Å². The second kappa shape index (κ2) is 49.7. The van der Waals surface area contributed by atoms with Gasteiger partial charge in [-0.1, -0.05) is 270 Å². The molecule has 0 aromatic carbocycles. The normalized spacial score (nSPS) is 13.4. The van der Waals surface area contributed by atoms with E-state index in [1.54, 1.807) is 0 Å². The SMILES string of the molecule is CCCCCCCCCCCCCCCCCCC/C=C/CCCC(O)C(O)C(CO)NC(=O)CCCCCCCCCCCCCCCCCCCCCCCCC. The molecule has 0 aliphatic heterocycles. The number of hydrogen-bond acceptors (Lipinski definition) is 4. The number of unbranched alkanes of at least 4 members (excludes halogenated alkanes) is 40. The molecule has 0 saturated carbocycles. The van der Waals surface area contributed by atoms with Crippen molar-refractivity contribution in [1.82, 2.24) is 5.32 Å². The van der Waals surface area contributed by atoms with Crippen LogP contribution in [0.3, 0.4) is 0 Å². The standard InChI is InChI=1S/C54H107NO4/c1-3-5-7-9-11-13-15-17-19-21-23-25-27-29-31-33-35-37-39-41-43-45-47-49-53(58)55-51(50-56)54(59)52(57)48-46-44-42-40-38-36-34-32-30-28-26-24-22-20-18-16-14-12-10-8-6-4-2/h40,42,51-52,54,56-57,59H,3-39,41,43-50H2,1-2H3,(H,55,58)/b42-40+. The molecule has 0 aromatic heterocycles. The first-order chi connectivity index (χ1) is 29.1. The van der Waals surface area contributed by atoms with Crippen molar-refractivity contribution in [3.05, 3.63) is 12.2 Å².